The second-order valence-electron chi connectivity index (χ2n) is 5.59. The van der Waals surface area contributed by atoms with Crippen molar-refractivity contribution in [2.24, 2.45) is 5.92 Å². The Morgan fingerprint density at radius 1 is 1.39 bits per heavy atom. The first-order chi connectivity index (χ1) is 8.69. The van der Waals surface area contributed by atoms with Gasteiger partial charge in [-0.2, -0.15) is 0 Å². The molecule has 1 atom stereocenters. The third-order valence-corrected chi connectivity index (χ3v) is 3.79. The summed E-state index contributed by atoms with van der Waals surface area (Å²) in [5.74, 6) is 0.342. The standard InChI is InChI=1S/C14H25N3O/c1-11(8-16-13-5-6-13)9-17-7-3-4-12(10-17)14(18)15-2/h12-13,16H,1,3-10H2,2H3,(H,15,18). The lowest BCUT2D eigenvalue weighted by Gasteiger charge is -2.32. The van der Waals surface area contributed by atoms with Gasteiger partial charge in [-0.05, 0) is 37.8 Å². The van der Waals surface area contributed by atoms with Crippen LogP contribution in [-0.2, 0) is 4.79 Å². The third-order valence-electron chi connectivity index (χ3n) is 3.79. The van der Waals surface area contributed by atoms with Crippen LogP contribution in [0.5, 0.6) is 0 Å². The molecule has 1 unspecified atom stereocenters. The van der Waals surface area contributed by atoms with Crippen LogP contribution in [0, 0.1) is 5.92 Å². The van der Waals surface area contributed by atoms with E-state index in [4.69, 9.17) is 0 Å². The van der Waals surface area contributed by atoms with Crippen molar-refractivity contribution in [2.45, 2.75) is 31.7 Å². The minimum absolute atomic E-state index is 0.160. The summed E-state index contributed by atoms with van der Waals surface area (Å²) in [5.41, 5.74) is 1.24. The van der Waals surface area contributed by atoms with Crippen molar-refractivity contribution in [1.29, 1.82) is 0 Å². The van der Waals surface area contributed by atoms with E-state index in [2.05, 4.69) is 22.1 Å². The van der Waals surface area contributed by atoms with Crippen molar-refractivity contribution >= 4 is 5.91 Å². The topological polar surface area (TPSA) is 44.4 Å². The summed E-state index contributed by atoms with van der Waals surface area (Å²) < 4.78 is 0. The molecule has 1 saturated carbocycles. The molecule has 0 aromatic heterocycles. The fraction of sp³-hybridized carbons (Fsp3) is 0.786. The maximum atomic E-state index is 11.6. The van der Waals surface area contributed by atoms with Crippen LogP contribution in [0.15, 0.2) is 12.2 Å². The lowest BCUT2D eigenvalue weighted by atomic mass is 9.97. The Hall–Kier alpha value is -0.870. The van der Waals surface area contributed by atoms with E-state index in [1.807, 2.05) is 0 Å². The molecule has 18 heavy (non-hydrogen) atoms. The van der Waals surface area contributed by atoms with Gasteiger partial charge in [0, 0.05) is 32.7 Å². The Morgan fingerprint density at radius 2 is 2.17 bits per heavy atom. The van der Waals surface area contributed by atoms with Crippen LogP contribution < -0.4 is 10.6 Å². The number of carbonyl (C=O) groups excluding carboxylic acids is 1. The predicted molar refractivity (Wildman–Crippen MR) is 73.4 cm³/mol. The highest BCUT2D eigenvalue weighted by Gasteiger charge is 2.25. The highest BCUT2D eigenvalue weighted by atomic mass is 16.1. The minimum Gasteiger partial charge on any atom is -0.359 e. The number of hydrogen-bond acceptors (Lipinski definition) is 3. The Balaban J connectivity index is 1.70. The van der Waals surface area contributed by atoms with Crippen molar-refractivity contribution in [3.63, 3.8) is 0 Å². The molecule has 2 N–H and O–H groups in total. The smallest absolute Gasteiger partial charge is 0.224 e. The van der Waals surface area contributed by atoms with Gasteiger partial charge in [-0.25, -0.2) is 0 Å². The van der Waals surface area contributed by atoms with Crippen molar-refractivity contribution in [2.75, 3.05) is 33.2 Å². The van der Waals surface area contributed by atoms with Crippen LogP contribution in [0.2, 0.25) is 0 Å². The fourth-order valence-corrected chi connectivity index (χ4v) is 2.57. The van der Waals surface area contributed by atoms with Crippen LogP contribution >= 0.6 is 0 Å². The Labute approximate surface area is 110 Å². The highest BCUT2D eigenvalue weighted by Crippen LogP contribution is 2.19. The molecule has 1 saturated heterocycles. The molecule has 2 rings (SSSR count). The van der Waals surface area contributed by atoms with Crippen LogP contribution in [0.4, 0.5) is 0 Å². The van der Waals surface area contributed by atoms with Crippen LogP contribution in [-0.4, -0.2) is 50.1 Å². The Kier molecular flexibility index (Phi) is 4.78. The van der Waals surface area contributed by atoms with Gasteiger partial charge < -0.3 is 10.6 Å². The molecular formula is C14H25N3O. The average Bonchev–Trinajstić information content (AvgIpc) is 3.20. The molecule has 4 nitrogen and oxygen atoms in total. The molecule has 0 spiro atoms. The summed E-state index contributed by atoms with van der Waals surface area (Å²) >= 11 is 0. The molecule has 2 aliphatic rings. The number of nitrogens with one attached hydrogen (secondary N) is 2. The molecular weight excluding hydrogens is 226 g/mol. The van der Waals surface area contributed by atoms with E-state index >= 15 is 0 Å². The van der Waals surface area contributed by atoms with E-state index in [0.717, 1.165) is 45.1 Å². The lowest BCUT2D eigenvalue weighted by molar-refractivity contribution is -0.126. The number of carbonyl (C=O) groups is 1. The van der Waals surface area contributed by atoms with E-state index in [1.54, 1.807) is 7.05 Å². The predicted octanol–water partition coefficient (Wildman–Crippen LogP) is 0.753. The van der Waals surface area contributed by atoms with Crippen LogP contribution in [0.3, 0.4) is 0 Å². The van der Waals surface area contributed by atoms with E-state index < -0.39 is 0 Å². The summed E-state index contributed by atoms with van der Waals surface area (Å²) in [6.07, 6.45) is 4.76. The first kappa shape index (κ1) is 13.6. The minimum atomic E-state index is 0.160. The van der Waals surface area contributed by atoms with E-state index in [1.165, 1.54) is 18.4 Å². The Bertz CT molecular complexity index is 312. The van der Waals surface area contributed by atoms with Gasteiger partial charge in [0.15, 0.2) is 0 Å². The second kappa shape index (κ2) is 6.34. The number of nitrogens with zero attached hydrogens (tertiary/aromatic N) is 1. The molecule has 0 aromatic rings. The molecule has 1 aliphatic heterocycles. The molecule has 4 heteroatoms. The van der Waals surface area contributed by atoms with Crippen molar-refractivity contribution in [1.82, 2.24) is 15.5 Å². The quantitative estimate of drug-likeness (QED) is 0.685. The van der Waals surface area contributed by atoms with Crippen molar-refractivity contribution < 1.29 is 4.79 Å². The SMILES string of the molecule is C=C(CNC1CC1)CN1CCCC(C(=O)NC)C1. The molecule has 0 radical (unpaired) electrons. The zero-order chi connectivity index (χ0) is 13.0. The molecule has 102 valence electrons. The molecule has 2 fully saturated rings. The number of hydrogen-bond donors (Lipinski definition) is 2. The maximum Gasteiger partial charge on any atom is 0.224 e. The zero-order valence-electron chi connectivity index (χ0n) is 11.4. The second-order valence-corrected chi connectivity index (χ2v) is 5.59. The molecule has 0 aromatic carbocycles. The highest BCUT2D eigenvalue weighted by molar-refractivity contribution is 5.78. The van der Waals surface area contributed by atoms with Gasteiger partial charge in [-0.15, -0.1) is 0 Å². The number of piperidine rings is 1. The molecule has 0 bridgehead atoms. The van der Waals surface area contributed by atoms with Gasteiger partial charge >= 0.3 is 0 Å². The van der Waals surface area contributed by atoms with Crippen LogP contribution in [0.1, 0.15) is 25.7 Å². The normalized spacial score (nSPS) is 24.8. The van der Waals surface area contributed by atoms with Crippen molar-refractivity contribution in [3.8, 4) is 0 Å². The zero-order valence-corrected chi connectivity index (χ0v) is 11.4. The number of rotatable bonds is 6. The molecule has 1 amide bonds. The van der Waals surface area contributed by atoms with Gasteiger partial charge in [0.2, 0.25) is 5.91 Å². The monoisotopic (exact) mass is 251 g/mol. The molecule has 1 aliphatic carbocycles. The van der Waals surface area contributed by atoms with Crippen molar-refractivity contribution in [3.05, 3.63) is 12.2 Å². The summed E-state index contributed by atoms with van der Waals surface area (Å²) in [4.78, 5) is 14.0. The first-order valence-corrected chi connectivity index (χ1v) is 7.03. The number of likely N-dealkylation sites (tertiary alicyclic amines) is 1. The fourth-order valence-electron chi connectivity index (χ4n) is 2.57. The summed E-state index contributed by atoms with van der Waals surface area (Å²) in [6.45, 7) is 7.95. The largest absolute Gasteiger partial charge is 0.359 e. The third kappa shape index (κ3) is 4.10. The summed E-state index contributed by atoms with van der Waals surface area (Å²) in [7, 11) is 1.72. The Morgan fingerprint density at radius 3 is 2.83 bits per heavy atom. The number of amides is 1. The summed E-state index contributed by atoms with van der Waals surface area (Å²) in [5, 5.41) is 6.24. The van der Waals surface area contributed by atoms with E-state index in [9.17, 15) is 4.79 Å². The van der Waals surface area contributed by atoms with Gasteiger partial charge in [0.05, 0.1) is 5.92 Å². The first-order valence-electron chi connectivity index (χ1n) is 7.03. The van der Waals surface area contributed by atoms with Gasteiger partial charge in [-0.1, -0.05) is 6.58 Å². The van der Waals surface area contributed by atoms with E-state index in [0.29, 0.717) is 0 Å². The van der Waals surface area contributed by atoms with Gasteiger partial charge in [0.1, 0.15) is 0 Å². The maximum absolute atomic E-state index is 11.6. The van der Waals surface area contributed by atoms with Gasteiger partial charge in [-0.3, -0.25) is 9.69 Å². The summed E-state index contributed by atoms with van der Waals surface area (Å²) in [6, 6.07) is 0.738. The molecule has 1 heterocycles. The van der Waals surface area contributed by atoms with Gasteiger partial charge in [0.25, 0.3) is 0 Å². The average molecular weight is 251 g/mol. The van der Waals surface area contributed by atoms with E-state index in [-0.39, 0.29) is 11.8 Å². The lowest BCUT2D eigenvalue weighted by Crippen LogP contribution is -2.43. The van der Waals surface area contributed by atoms with Crippen LogP contribution in [0.25, 0.3) is 0 Å².